The SMILES string of the molecule is CCOC(=O)CSc1nc2nc3c(cn2n1)C(=O)C[C@@H](c1ccc(OC)cc1)C3. The number of hydrogen-bond acceptors (Lipinski definition) is 8. The molecule has 29 heavy (non-hydrogen) atoms. The van der Waals surface area contributed by atoms with Crippen LogP contribution in [0.4, 0.5) is 0 Å². The Balaban J connectivity index is 1.56. The number of nitrogens with zero attached hydrogens (tertiary/aromatic N) is 4. The van der Waals surface area contributed by atoms with Crippen molar-refractivity contribution in [1.29, 1.82) is 0 Å². The minimum Gasteiger partial charge on any atom is -0.497 e. The summed E-state index contributed by atoms with van der Waals surface area (Å²) in [4.78, 5) is 33.2. The lowest BCUT2D eigenvalue weighted by Gasteiger charge is -2.23. The summed E-state index contributed by atoms with van der Waals surface area (Å²) >= 11 is 1.18. The Bertz CT molecular complexity index is 1060. The van der Waals surface area contributed by atoms with Gasteiger partial charge in [0.2, 0.25) is 5.16 Å². The van der Waals surface area contributed by atoms with Crippen molar-refractivity contribution < 1.29 is 19.1 Å². The van der Waals surface area contributed by atoms with Crippen LogP contribution in [0, 0.1) is 0 Å². The van der Waals surface area contributed by atoms with Gasteiger partial charge in [0.25, 0.3) is 5.78 Å². The minimum atomic E-state index is -0.318. The average molecular weight is 412 g/mol. The van der Waals surface area contributed by atoms with E-state index < -0.39 is 0 Å². The van der Waals surface area contributed by atoms with Gasteiger partial charge in [-0.15, -0.1) is 5.10 Å². The molecule has 3 aromatic rings. The van der Waals surface area contributed by atoms with Crippen LogP contribution in [0.15, 0.2) is 35.6 Å². The molecule has 0 radical (unpaired) electrons. The Morgan fingerprint density at radius 3 is 2.76 bits per heavy atom. The van der Waals surface area contributed by atoms with E-state index in [4.69, 9.17) is 9.47 Å². The molecule has 0 saturated heterocycles. The molecule has 0 aliphatic heterocycles. The first-order valence-corrected chi connectivity index (χ1v) is 10.3. The molecule has 0 spiro atoms. The van der Waals surface area contributed by atoms with E-state index in [2.05, 4.69) is 15.1 Å². The Morgan fingerprint density at radius 2 is 2.03 bits per heavy atom. The van der Waals surface area contributed by atoms with E-state index in [-0.39, 0.29) is 23.4 Å². The van der Waals surface area contributed by atoms with E-state index in [0.717, 1.165) is 17.0 Å². The maximum atomic E-state index is 12.7. The third-order valence-electron chi connectivity index (χ3n) is 4.77. The maximum absolute atomic E-state index is 12.7. The molecule has 1 aliphatic carbocycles. The number of Topliss-reactive ketones (excluding diaryl/α,β-unsaturated/α-hetero) is 1. The van der Waals surface area contributed by atoms with Crippen molar-refractivity contribution in [3.8, 4) is 5.75 Å². The molecule has 8 nitrogen and oxygen atoms in total. The molecule has 0 N–H and O–H groups in total. The molecule has 0 bridgehead atoms. The lowest BCUT2D eigenvalue weighted by atomic mass is 9.82. The molecule has 2 aromatic heterocycles. The highest BCUT2D eigenvalue weighted by Gasteiger charge is 2.28. The number of fused-ring (bicyclic) bond motifs is 2. The summed E-state index contributed by atoms with van der Waals surface area (Å²) in [5.41, 5.74) is 2.39. The summed E-state index contributed by atoms with van der Waals surface area (Å²) in [5.74, 6) is 1.11. The molecule has 0 saturated carbocycles. The van der Waals surface area contributed by atoms with E-state index in [1.54, 1.807) is 20.2 Å². The second kappa shape index (κ2) is 8.20. The second-order valence-corrected chi connectivity index (χ2v) is 7.58. The predicted octanol–water partition coefficient (Wildman–Crippen LogP) is 2.70. The fourth-order valence-corrected chi connectivity index (χ4v) is 3.99. The normalized spacial score (nSPS) is 15.9. The maximum Gasteiger partial charge on any atom is 0.316 e. The highest BCUT2D eigenvalue weighted by molar-refractivity contribution is 7.99. The van der Waals surface area contributed by atoms with Crippen LogP contribution in [0.25, 0.3) is 5.78 Å². The van der Waals surface area contributed by atoms with Crippen molar-refractivity contribution in [2.45, 2.75) is 30.8 Å². The Labute approximate surface area is 171 Å². The van der Waals surface area contributed by atoms with E-state index in [1.807, 2.05) is 24.3 Å². The first kappa shape index (κ1) is 19.4. The predicted molar refractivity (Wildman–Crippen MR) is 107 cm³/mol. The topological polar surface area (TPSA) is 95.7 Å². The van der Waals surface area contributed by atoms with Gasteiger partial charge < -0.3 is 9.47 Å². The van der Waals surface area contributed by atoms with Crippen LogP contribution >= 0.6 is 11.8 Å². The molecule has 9 heteroatoms. The number of ketones is 1. The first-order valence-electron chi connectivity index (χ1n) is 9.29. The number of hydrogen-bond donors (Lipinski definition) is 0. The fourth-order valence-electron chi connectivity index (χ4n) is 3.36. The molecule has 0 amide bonds. The third kappa shape index (κ3) is 4.09. The number of carbonyl (C=O) groups excluding carboxylic acids is 2. The number of methoxy groups -OCH3 is 1. The number of aromatic nitrogens is 4. The van der Waals surface area contributed by atoms with Crippen molar-refractivity contribution in [2.75, 3.05) is 19.5 Å². The van der Waals surface area contributed by atoms with Gasteiger partial charge in [0.15, 0.2) is 5.78 Å². The Hall–Kier alpha value is -2.94. The second-order valence-electron chi connectivity index (χ2n) is 6.64. The van der Waals surface area contributed by atoms with Crippen LogP contribution in [-0.2, 0) is 16.0 Å². The molecule has 1 aromatic carbocycles. The van der Waals surface area contributed by atoms with Crippen molar-refractivity contribution in [3.05, 3.63) is 47.3 Å². The van der Waals surface area contributed by atoms with Gasteiger partial charge >= 0.3 is 5.97 Å². The van der Waals surface area contributed by atoms with Gasteiger partial charge in [0.1, 0.15) is 5.75 Å². The van der Waals surface area contributed by atoms with Crippen molar-refractivity contribution in [2.24, 2.45) is 0 Å². The highest BCUT2D eigenvalue weighted by atomic mass is 32.2. The van der Waals surface area contributed by atoms with Gasteiger partial charge in [-0.05, 0) is 37.0 Å². The summed E-state index contributed by atoms with van der Waals surface area (Å²) in [7, 11) is 1.63. The number of benzene rings is 1. The van der Waals surface area contributed by atoms with Crippen molar-refractivity contribution in [1.82, 2.24) is 19.6 Å². The molecule has 0 fully saturated rings. The van der Waals surface area contributed by atoms with Gasteiger partial charge in [-0.2, -0.15) is 4.98 Å². The van der Waals surface area contributed by atoms with Crippen LogP contribution in [0.3, 0.4) is 0 Å². The summed E-state index contributed by atoms with van der Waals surface area (Å²) in [6.45, 7) is 2.10. The summed E-state index contributed by atoms with van der Waals surface area (Å²) < 4.78 is 11.6. The lowest BCUT2D eigenvalue weighted by molar-refractivity contribution is -0.139. The number of esters is 1. The fraction of sp³-hybridized carbons (Fsp3) is 0.350. The zero-order valence-corrected chi connectivity index (χ0v) is 16.9. The average Bonchev–Trinajstić information content (AvgIpc) is 3.13. The van der Waals surface area contributed by atoms with Gasteiger partial charge in [0, 0.05) is 12.6 Å². The van der Waals surface area contributed by atoms with Crippen LogP contribution in [0.1, 0.15) is 40.9 Å². The van der Waals surface area contributed by atoms with Crippen molar-refractivity contribution in [3.63, 3.8) is 0 Å². The van der Waals surface area contributed by atoms with Crippen LogP contribution in [0.5, 0.6) is 5.75 Å². The molecule has 1 atom stereocenters. The van der Waals surface area contributed by atoms with E-state index in [9.17, 15) is 9.59 Å². The van der Waals surface area contributed by atoms with Crippen molar-refractivity contribution >= 4 is 29.3 Å². The minimum absolute atomic E-state index is 0.0395. The van der Waals surface area contributed by atoms with Crippen LogP contribution in [0.2, 0.25) is 0 Å². The Kier molecular flexibility index (Phi) is 5.48. The number of ether oxygens (including phenoxy) is 2. The monoisotopic (exact) mass is 412 g/mol. The standard InChI is InChI=1S/C20H20N4O4S/c1-3-28-18(26)11-29-20-22-19-21-16-8-13(12-4-6-14(27-2)7-5-12)9-17(25)15(16)10-24(19)23-20/h4-7,10,13H,3,8-9,11H2,1-2H3/t13-/m0/s1. The smallest absolute Gasteiger partial charge is 0.316 e. The Morgan fingerprint density at radius 1 is 1.24 bits per heavy atom. The highest BCUT2D eigenvalue weighted by Crippen LogP contribution is 2.32. The summed E-state index contributed by atoms with van der Waals surface area (Å²) in [6.07, 6.45) is 2.76. The van der Waals surface area contributed by atoms with Crippen LogP contribution < -0.4 is 4.74 Å². The molecule has 1 aliphatic rings. The molecule has 150 valence electrons. The molecule has 4 rings (SSSR count). The van der Waals surface area contributed by atoms with E-state index in [1.165, 1.54) is 16.3 Å². The number of carbonyl (C=O) groups is 2. The van der Waals surface area contributed by atoms with Gasteiger partial charge in [-0.3, -0.25) is 9.59 Å². The van der Waals surface area contributed by atoms with E-state index >= 15 is 0 Å². The van der Waals surface area contributed by atoms with Crippen LogP contribution in [-0.4, -0.2) is 50.8 Å². The lowest BCUT2D eigenvalue weighted by Crippen LogP contribution is -2.21. The number of rotatable bonds is 6. The zero-order valence-electron chi connectivity index (χ0n) is 16.1. The summed E-state index contributed by atoms with van der Waals surface area (Å²) in [6, 6.07) is 7.78. The van der Waals surface area contributed by atoms with E-state index in [0.29, 0.717) is 35.9 Å². The molecule has 0 unspecified atom stereocenters. The van der Waals surface area contributed by atoms with Gasteiger partial charge in [0.05, 0.1) is 30.7 Å². The quantitative estimate of drug-likeness (QED) is 0.450. The van der Waals surface area contributed by atoms with Gasteiger partial charge in [-0.1, -0.05) is 23.9 Å². The summed E-state index contributed by atoms with van der Waals surface area (Å²) in [5, 5.41) is 4.74. The first-order chi connectivity index (χ1) is 14.1. The molecular weight excluding hydrogens is 392 g/mol. The van der Waals surface area contributed by atoms with Gasteiger partial charge in [-0.25, -0.2) is 9.50 Å². The zero-order chi connectivity index (χ0) is 20.4. The largest absolute Gasteiger partial charge is 0.497 e. The number of thioether (sulfide) groups is 1. The third-order valence-corrected chi connectivity index (χ3v) is 5.59. The molecule has 2 heterocycles. The molecular formula is C20H20N4O4S.